The third kappa shape index (κ3) is 4.10. The van der Waals surface area contributed by atoms with E-state index in [2.05, 4.69) is 10.1 Å². The van der Waals surface area contributed by atoms with Gasteiger partial charge in [0.1, 0.15) is 17.0 Å². The number of morpholine rings is 1. The Labute approximate surface area is 167 Å². The first-order valence-corrected chi connectivity index (χ1v) is 9.23. The number of carbonyl (C=O) groups is 1. The van der Waals surface area contributed by atoms with E-state index in [4.69, 9.17) is 38.2 Å². The molecule has 1 aliphatic rings. The number of amides is 1. The van der Waals surface area contributed by atoms with Crippen molar-refractivity contribution in [1.82, 2.24) is 10.1 Å². The van der Waals surface area contributed by atoms with Crippen molar-refractivity contribution in [3.63, 3.8) is 0 Å². The van der Waals surface area contributed by atoms with E-state index in [1.165, 1.54) is 0 Å². The maximum atomic E-state index is 12.8. The number of rotatable bonds is 2. The lowest BCUT2D eigenvalue weighted by molar-refractivity contribution is -0.0483. The Morgan fingerprint density at radius 1 is 1.26 bits per heavy atom. The van der Waals surface area contributed by atoms with E-state index in [1.807, 2.05) is 18.7 Å². The third-order valence-corrected chi connectivity index (χ3v) is 4.87. The molecular formula is C18H20Cl2N4O3. The SMILES string of the molecule is Cc1onc(-c2c(Cl)cccc2Cl)c1C(=O)N=C(N)N1C[C@@H](C)O[C@@H](C)C1. The van der Waals surface area contributed by atoms with Crippen LogP contribution in [-0.2, 0) is 4.74 Å². The second kappa shape index (κ2) is 7.88. The molecule has 9 heteroatoms. The molecule has 0 radical (unpaired) electrons. The summed E-state index contributed by atoms with van der Waals surface area (Å²) in [6.07, 6.45) is -0.0140. The number of halogens is 2. The molecule has 0 unspecified atom stereocenters. The number of nitrogens with zero attached hydrogens (tertiary/aromatic N) is 3. The summed E-state index contributed by atoms with van der Waals surface area (Å²) in [5.74, 6) is -0.130. The monoisotopic (exact) mass is 410 g/mol. The van der Waals surface area contributed by atoms with E-state index >= 15 is 0 Å². The van der Waals surface area contributed by atoms with Gasteiger partial charge in [-0.2, -0.15) is 4.99 Å². The van der Waals surface area contributed by atoms with Crippen LogP contribution in [0.4, 0.5) is 0 Å². The van der Waals surface area contributed by atoms with Gasteiger partial charge in [0.15, 0.2) is 5.96 Å². The molecular weight excluding hydrogens is 391 g/mol. The number of carbonyl (C=O) groups excluding carboxylic acids is 1. The topological polar surface area (TPSA) is 94.0 Å². The van der Waals surface area contributed by atoms with E-state index in [-0.39, 0.29) is 29.4 Å². The quantitative estimate of drug-likeness (QED) is 0.600. The van der Waals surface area contributed by atoms with E-state index in [1.54, 1.807) is 25.1 Å². The first kappa shape index (κ1) is 19.7. The molecule has 1 aliphatic heterocycles. The van der Waals surface area contributed by atoms with Gasteiger partial charge in [-0.1, -0.05) is 34.4 Å². The smallest absolute Gasteiger partial charge is 0.286 e. The molecule has 7 nitrogen and oxygen atoms in total. The van der Waals surface area contributed by atoms with Gasteiger partial charge in [0.05, 0.1) is 22.3 Å². The molecule has 1 aromatic carbocycles. The van der Waals surface area contributed by atoms with Crippen LogP contribution in [0.2, 0.25) is 10.0 Å². The predicted octanol–water partition coefficient (Wildman–Crippen LogP) is 3.52. The predicted molar refractivity (Wildman–Crippen MR) is 104 cm³/mol. The summed E-state index contributed by atoms with van der Waals surface area (Å²) < 4.78 is 10.9. The molecule has 1 aromatic heterocycles. The number of aliphatic imine (C=N–C) groups is 1. The second-order valence-electron chi connectivity index (χ2n) is 6.50. The Kier molecular flexibility index (Phi) is 5.74. The fourth-order valence-corrected chi connectivity index (χ4v) is 3.69. The van der Waals surface area contributed by atoms with Crippen molar-refractivity contribution >= 4 is 35.1 Å². The number of aryl methyl sites for hydroxylation is 1. The van der Waals surface area contributed by atoms with Crippen molar-refractivity contribution in [1.29, 1.82) is 0 Å². The molecule has 0 saturated carbocycles. The van der Waals surface area contributed by atoms with Crippen LogP contribution in [0.1, 0.15) is 30.0 Å². The number of guanidine groups is 1. The van der Waals surface area contributed by atoms with Crippen molar-refractivity contribution in [2.45, 2.75) is 33.0 Å². The normalized spacial score (nSPS) is 20.8. The molecule has 2 N–H and O–H groups in total. The number of aromatic nitrogens is 1. The van der Waals surface area contributed by atoms with Crippen LogP contribution in [0, 0.1) is 6.92 Å². The molecule has 3 rings (SSSR count). The Hall–Kier alpha value is -2.09. The average Bonchev–Trinajstić information content (AvgIpc) is 2.95. The summed E-state index contributed by atoms with van der Waals surface area (Å²) in [7, 11) is 0. The fourth-order valence-electron chi connectivity index (χ4n) is 3.11. The summed E-state index contributed by atoms with van der Waals surface area (Å²) in [4.78, 5) is 18.7. The largest absolute Gasteiger partial charge is 0.372 e. The number of ether oxygens (including phenoxy) is 1. The van der Waals surface area contributed by atoms with Crippen LogP contribution in [0.15, 0.2) is 27.7 Å². The number of benzene rings is 1. The molecule has 1 fully saturated rings. The van der Waals surface area contributed by atoms with E-state index in [9.17, 15) is 4.79 Å². The molecule has 0 bridgehead atoms. The molecule has 27 heavy (non-hydrogen) atoms. The molecule has 2 atom stereocenters. The lowest BCUT2D eigenvalue weighted by Gasteiger charge is -2.35. The first-order valence-electron chi connectivity index (χ1n) is 8.47. The van der Waals surface area contributed by atoms with E-state index < -0.39 is 5.91 Å². The number of nitrogens with two attached hydrogens (primary N) is 1. The van der Waals surface area contributed by atoms with Gasteiger partial charge in [-0.15, -0.1) is 0 Å². The van der Waals surface area contributed by atoms with Gasteiger partial charge >= 0.3 is 0 Å². The highest BCUT2D eigenvalue weighted by Gasteiger charge is 2.27. The minimum Gasteiger partial charge on any atom is -0.372 e. The summed E-state index contributed by atoms with van der Waals surface area (Å²) in [5.41, 5.74) is 6.92. The van der Waals surface area contributed by atoms with Gasteiger partial charge in [0, 0.05) is 18.7 Å². The zero-order chi connectivity index (χ0) is 19.7. The number of hydrogen-bond donors (Lipinski definition) is 1. The van der Waals surface area contributed by atoms with Gasteiger partial charge < -0.3 is 19.9 Å². The summed E-state index contributed by atoms with van der Waals surface area (Å²) in [6, 6.07) is 5.03. The fraction of sp³-hybridized carbons (Fsp3) is 0.389. The minimum absolute atomic E-state index is 0.00702. The van der Waals surface area contributed by atoms with Crippen LogP contribution in [0.25, 0.3) is 11.3 Å². The van der Waals surface area contributed by atoms with Gasteiger partial charge in [-0.05, 0) is 32.9 Å². The maximum Gasteiger partial charge on any atom is 0.286 e. The van der Waals surface area contributed by atoms with Crippen molar-refractivity contribution < 1.29 is 14.1 Å². The number of hydrogen-bond acceptors (Lipinski definition) is 4. The molecule has 2 heterocycles. The van der Waals surface area contributed by atoms with E-state index in [0.717, 1.165) is 0 Å². The van der Waals surface area contributed by atoms with Crippen molar-refractivity contribution in [3.05, 3.63) is 39.6 Å². The van der Waals surface area contributed by atoms with Crippen molar-refractivity contribution in [2.75, 3.05) is 13.1 Å². The van der Waals surface area contributed by atoms with Crippen LogP contribution in [0.3, 0.4) is 0 Å². The summed E-state index contributed by atoms with van der Waals surface area (Å²) >= 11 is 12.5. The zero-order valence-corrected chi connectivity index (χ0v) is 16.7. The van der Waals surface area contributed by atoms with Gasteiger partial charge in [-0.25, -0.2) is 0 Å². The summed E-state index contributed by atoms with van der Waals surface area (Å²) in [5, 5.41) is 4.68. The molecule has 0 aliphatic carbocycles. The van der Waals surface area contributed by atoms with E-state index in [0.29, 0.717) is 34.5 Å². The lowest BCUT2D eigenvalue weighted by atomic mass is 10.1. The van der Waals surface area contributed by atoms with Crippen LogP contribution < -0.4 is 5.73 Å². The van der Waals surface area contributed by atoms with Gasteiger partial charge in [0.25, 0.3) is 5.91 Å². The maximum absolute atomic E-state index is 12.8. The van der Waals surface area contributed by atoms with Crippen LogP contribution in [-0.4, -0.2) is 47.2 Å². The van der Waals surface area contributed by atoms with Crippen LogP contribution >= 0.6 is 23.2 Å². The Balaban J connectivity index is 1.95. The summed E-state index contributed by atoms with van der Waals surface area (Å²) in [6.45, 7) is 6.62. The molecule has 0 spiro atoms. The molecule has 1 saturated heterocycles. The van der Waals surface area contributed by atoms with Gasteiger partial charge in [0.2, 0.25) is 0 Å². The second-order valence-corrected chi connectivity index (χ2v) is 7.31. The average molecular weight is 411 g/mol. The Bertz CT molecular complexity index is 866. The Morgan fingerprint density at radius 3 is 2.44 bits per heavy atom. The van der Waals surface area contributed by atoms with Crippen LogP contribution in [0.5, 0.6) is 0 Å². The molecule has 1 amide bonds. The van der Waals surface area contributed by atoms with Gasteiger partial charge in [-0.3, -0.25) is 4.79 Å². The van der Waals surface area contributed by atoms with Crippen molar-refractivity contribution in [2.24, 2.45) is 10.7 Å². The molecule has 2 aromatic rings. The highest BCUT2D eigenvalue weighted by atomic mass is 35.5. The highest BCUT2D eigenvalue weighted by Crippen LogP contribution is 2.37. The third-order valence-electron chi connectivity index (χ3n) is 4.24. The Morgan fingerprint density at radius 2 is 1.85 bits per heavy atom. The highest BCUT2D eigenvalue weighted by molar-refractivity contribution is 6.39. The van der Waals surface area contributed by atoms with Crippen molar-refractivity contribution in [3.8, 4) is 11.3 Å². The first-order chi connectivity index (χ1) is 12.8. The minimum atomic E-state index is -0.566. The standard InChI is InChI=1S/C18H20Cl2N4O3/c1-9-7-24(8-10(2)26-9)18(21)22-17(25)14-11(3)27-23-16(14)15-12(19)5-4-6-13(15)20/h4-6,9-10H,7-8H2,1-3H3,(H2,21,22,25)/t9-,10+. The lowest BCUT2D eigenvalue weighted by Crippen LogP contribution is -2.51. The molecule has 144 valence electrons. The zero-order valence-electron chi connectivity index (χ0n) is 15.2.